The van der Waals surface area contributed by atoms with E-state index in [9.17, 15) is 33.7 Å². The number of nitrogens with two attached hydrogens (primary N) is 1. The van der Waals surface area contributed by atoms with Crippen molar-refractivity contribution in [3.05, 3.63) is 12.7 Å². The van der Waals surface area contributed by atoms with Gasteiger partial charge in [-0.2, -0.15) is 0 Å². The molecule has 0 saturated carbocycles. The van der Waals surface area contributed by atoms with E-state index in [4.69, 9.17) is 20.3 Å². The molecule has 8 N–H and O–H groups in total. The van der Waals surface area contributed by atoms with Crippen LogP contribution in [0.2, 0.25) is 0 Å². The van der Waals surface area contributed by atoms with E-state index < -0.39 is 60.1 Å². The molecule has 2 aromatic heterocycles. The fourth-order valence-corrected chi connectivity index (χ4v) is 7.32. The van der Waals surface area contributed by atoms with E-state index in [0.717, 1.165) is 6.33 Å². The molecule has 0 aliphatic carbocycles. The molecular weight excluding hydrogens is 487 g/mol. The van der Waals surface area contributed by atoms with Crippen molar-refractivity contribution >= 4 is 40.0 Å². The highest BCUT2D eigenvalue weighted by molar-refractivity contribution is 7.74. The Labute approximate surface area is 172 Å². The SMILES string of the molecule is Nc1ncnc2c1ncn2[C@@H]1O[C@H](COP(=O)(O)CP(=O)(O)OP(=O)(O)O)C(O)[C@@H]1O. The fraction of sp³-hybridized carbons (Fsp3) is 0.545. The van der Waals surface area contributed by atoms with Crippen LogP contribution in [0.4, 0.5) is 5.82 Å². The second kappa shape index (κ2) is 8.56. The third-order valence-electron chi connectivity index (χ3n) is 4.03. The van der Waals surface area contributed by atoms with Gasteiger partial charge in [-0.05, 0) is 0 Å². The summed E-state index contributed by atoms with van der Waals surface area (Å²) in [6.45, 7) is -0.831. The van der Waals surface area contributed by atoms with Gasteiger partial charge in [0.05, 0.1) is 12.9 Å². The highest BCUT2D eigenvalue weighted by atomic mass is 31.3. The Kier molecular flexibility index (Phi) is 6.71. The lowest BCUT2D eigenvalue weighted by atomic mass is 10.1. The van der Waals surface area contributed by atoms with Gasteiger partial charge in [0, 0.05) is 0 Å². The number of rotatable bonds is 8. The molecule has 20 heteroatoms. The van der Waals surface area contributed by atoms with Crippen LogP contribution >= 0.6 is 23.0 Å². The zero-order chi connectivity index (χ0) is 23.2. The van der Waals surface area contributed by atoms with Crippen LogP contribution in [0, 0.1) is 0 Å². The van der Waals surface area contributed by atoms with Crippen LogP contribution in [0.5, 0.6) is 0 Å². The number of aromatic nitrogens is 4. The molecule has 0 amide bonds. The van der Waals surface area contributed by atoms with E-state index in [1.54, 1.807) is 0 Å². The lowest BCUT2D eigenvalue weighted by Gasteiger charge is -2.19. The Morgan fingerprint density at radius 3 is 2.39 bits per heavy atom. The summed E-state index contributed by atoms with van der Waals surface area (Å²) in [5.41, 5.74) is 6.06. The summed E-state index contributed by atoms with van der Waals surface area (Å²) in [5, 5.41) is 20.5. The van der Waals surface area contributed by atoms with Crippen molar-refractivity contribution in [2.24, 2.45) is 0 Å². The topological polar surface area (TPSA) is 270 Å². The van der Waals surface area contributed by atoms with Crippen molar-refractivity contribution in [2.45, 2.75) is 24.5 Å². The monoisotopic (exact) mass is 505 g/mol. The van der Waals surface area contributed by atoms with Crippen molar-refractivity contribution in [1.29, 1.82) is 0 Å². The number of aliphatic hydroxyl groups is 2. The fourth-order valence-electron chi connectivity index (χ4n) is 2.80. The number of nitrogen functional groups attached to an aromatic ring is 1. The first-order valence-electron chi connectivity index (χ1n) is 8.19. The highest BCUT2D eigenvalue weighted by Gasteiger charge is 2.46. The van der Waals surface area contributed by atoms with Crippen LogP contribution < -0.4 is 5.73 Å². The number of hydrogen-bond donors (Lipinski definition) is 7. The van der Waals surface area contributed by atoms with Gasteiger partial charge in [-0.3, -0.25) is 13.7 Å². The van der Waals surface area contributed by atoms with Crippen LogP contribution in [0.25, 0.3) is 11.2 Å². The Morgan fingerprint density at radius 1 is 1.06 bits per heavy atom. The number of imidazole rings is 1. The second-order valence-electron chi connectivity index (χ2n) is 6.41. The normalized spacial score (nSPS) is 28.5. The van der Waals surface area contributed by atoms with Crippen LogP contribution in [0.3, 0.4) is 0 Å². The van der Waals surface area contributed by atoms with E-state index in [2.05, 4.69) is 23.8 Å². The number of phosphoric acid groups is 1. The molecule has 31 heavy (non-hydrogen) atoms. The first-order valence-corrected chi connectivity index (χ1v) is 13.2. The van der Waals surface area contributed by atoms with Crippen molar-refractivity contribution in [1.82, 2.24) is 19.5 Å². The van der Waals surface area contributed by atoms with Crippen molar-refractivity contribution in [2.75, 3.05) is 18.2 Å². The van der Waals surface area contributed by atoms with Gasteiger partial charge in [-0.25, -0.2) is 23.8 Å². The molecule has 2 aromatic rings. The number of anilines is 1. The first-order chi connectivity index (χ1) is 14.2. The molecule has 1 aliphatic heterocycles. The minimum atomic E-state index is -5.42. The standard InChI is InChI=1S/C11H18N5O12P3/c12-9-6-10(14-2-13-9)16(3-15-6)11-8(18)7(17)5(27-11)1-26-29(19,20)4-30(21,22)28-31(23,24)25/h2-3,5,7-8,11,17-18H,1,4H2,(H,19,20)(H,21,22)(H2,12,13,14)(H2,23,24,25)/t5-,7?,8+,11-/m1/s1. The minimum Gasteiger partial charge on any atom is -0.387 e. The third-order valence-corrected chi connectivity index (χ3v) is 9.31. The number of nitrogens with zero attached hydrogens (tertiary/aromatic N) is 4. The molecule has 174 valence electrons. The van der Waals surface area contributed by atoms with Gasteiger partial charge < -0.3 is 44.8 Å². The molecule has 3 heterocycles. The van der Waals surface area contributed by atoms with E-state index in [1.165, 1.54) is 10.9 Å². The molecule has 3 rings (SSSR count). The summed E-state index contributed by atoms with van der Waals surface area (Å²) in [6, 6.07) is 0. The Bertz CT molecular complexity index is 1110. The van der Waals surface area contributed by atoms with Crippen molar-refractivity contribution < 1.29 is 57.1 Å². The molecule has 0 aromatic carbocycles. The molecule has 0 radical (unpaired) electrons. The van der Waals surface area contributed by atoms with Crippen LogP contribution in [0.15, 0.2) is 12.7 Å². The zero-order valence-electron chi connectivity index (χ0n) is 15.2. The Hall–Kier alpha value is -1.32. The molecule has 3 unspecified atom stereocenters. The van der Waals surface area contributed by atoms with Crippen LogP contribution in [-0.2, 0) is 27.3 Å². The maximum atomic E-state index is 12.0. The molecule has 6 atom stereocenters. The smallest absolute Gasteiger partial charge is 0.387 e. The summed E-state index contributed by atoms with van der Waals surface area (Å²) in [4.78, 5) is 47.9. The predicted molar refractivity (Wildman–Crippen MR) is 99.3 cm³/mol. The van der Waals surface area contributed by atoms with Crippen LogP contribution in [-0.4, -0.2) is 80.1 Å². The average molecular weight is 505 g/mol. The van der Waals surface area contributed by atoms with E-state index in [1.807, 2.05) is 0 Å². The summed E-state index contributed by atoms with van der Waals surface area (Å²) in [7, 11) is -15.6. The lowest BCUT2D eigenvalue weighted by molar-refractivity contribution is -0.0483. The molecule has 0 bridgehead atoms. The Morgan fingerprint density at radius 2 is 1.74 bits per heavy atom. The average Bonchev–Trinajstić information content (AvgIpc) is 3.13. The van der Waals surface area contributed by atoms with Gasteiger partial charge in [0.2, 0.25) is 0 Å². The Balaban J connectivity index is 1.69. The molecule has 17 nitrogen and oxygen atoms in total. The second-order valence-corrected chi connectivity index (χ2v) is 12.0. The van der Waals surface area contributed by atoms with E-state index >= 15 is 0 Å². The van der Waals surface area contributed by atoms with Gasteiger partial charge in [0.15, 0.2) is 23.6 Å². The summed E-state index contributed by atoms with van der Waals surface area (Å²) < 4.78 is 49.2. The van der Waals surface area contributed by atoms with E-state index in [0.29, 0.717) is 0 Å². The molecule has 1 fully saturated rings. The van der Waals surface area contributed by atoms with Crippen molar-refractivity contribution in [3.8, 4) is 0 Å². The quantitative estimate of drug-likeness (QED) is 0.201. The number of ether oxygens (including phenoxy) is 1. The maximum absolute atomic E-state index is 12.0. The van der Waals surface area contributed by atoms with Crippen LogP contribution in [0.1, 0.15) is 6.23 Å². The van der Waals surface area contributed by atoms with E-state index in [-0.39, 0.29) is 17.0 Å². The molecular formula is C11H18N5O12P3. The number of aliphatic hydroxyl groups excluding tert-OH is 2. The lowest BCUT2D eigenvalue weighted by Crippen LogP contribution is -2.33. The zero-order valence-corrected chi connectivity index (χ0v) is 17.9. The summed E-state index contributed by atoms with van der Waals surface area (Å²) in [5.74, 6) is -1.58. The van der Waals surface area contributed by atoms with Gasteiger partial charge in [-0.1, -0.05) is 0 Å². The maximum Gasteiger partial charge on any atom is 0.476 e. The summed E-state index contributed by atoms with van der Waals surface area (Å²) in [6.07, 6.45) is -3.43. The summed E-state index contributed by atoms with van der Waals surface area (Å²) >= 11 is 0. The van der Waals surface area contributed by atoms with Gasteiger partial charge in [0.25, 0.3) is 0 Å². The molecule has 1 aliphatic rings. The van der Waals surface area contributed by atoms with Crippen molar-refractivity contribution in [3.63, 3.8) is 0 Å². The minimum absolute atomic E-state index is 0.0591. The predicted octanol–water partition coefficient (Wildman–Crippen LogP) is -1.52. The third kappa shape index (κ3) is 5.73. The van der Waals surface area contributed by atoms with Gasteiger partial charge in [-0.15, -0.1) is 0 Å². The number of hydrogen-bond acceptors (Lipinski definition) is 12. The first kappa shape index (κ1) is 24.3. The molecule has 0 spiro atoms. The number of fused-ring (bicyclic) bond motifs is 1. The van der Waals surface area contributed by atoms with Gasteiger partial charge in [0.1, 0.15) is 30.2 Å². The molecule has 1 saturated heterocycles. The highest BCUT2D eigenvalue weighted by Crippen LogP contribution is 2.64. The largest absolute Gasteiger partial charge is 0.476 e. The van der Waals surface area contributed by atoms with Gasteiger partial charge >= 0.3 is 23.0 Å².